The number of aryl methyl sites for hydroxylation is 1. The molecule has 0 radical (unpaired) electrons. The van der Waals surface area contributed by atoms with Crippen molar-refractivity contribution < 1.29 is 22.8 Å². The van der Waals surface area contributed by atoms with Crippen LogP contribution in [0.15, 0.2) is 67.1 Å². The molecule has 0 bridgehead atoms. The number of nitriles is 1. The van der Waals surface area contributed by atoms with E-state index in [1.807, 2.05) is 41.1 Å². The summed E-state index contributed by atoms with van der Waals surface area (Å²) in [6, 6.07) is 14.9. The van der Waals surface area contributed by atoms with E-state index in [0.717, 1.165) is 23.7 Å². The summed E-state index contributed by atoms with van der Waals surface area (Å²) in [5.74, 6) is 0.136. The first-order valence-corrected chi connectivity index (χ1v) is 16.8. The lowest BCUT2D eigenvalue weighted by Gasteiger charge is -2.29. The predicted molar refractivity (Wildman–Crippen MR) is 189 cm³/mol. The van der Waals surface area contributed by atoms with Gasteiger partial charge in [-0.2, -0.15) is 23.5 Å². The lowest BCUT2D eigenvalue weighted by Crippen LogP contribution is -2.42. The number of nitrogens with zero attached hydrogens (tertiary/aromatic N) is 8. The van der Waals surface area contributed by atoms with E-state index in [9.17, 15) is 22.8 Å². The Balaban J connectivity index is 1.06. The first-order valence-electron chi connectivity index (χ1n) is 16.8. The molecule has 3 N–H and O–H groups in total. The number of amides is 2. The summed E-state index contributed by atoms with van der Waals surface area (Å²) in [5.41, 5.74) is 7.52. The van der Waals surface area contributed by atoms with Crippen LogP contribution in [0.3, 0.4) is 0 Å². The van der Waals surface area contributed by atoms with Crippen LogP contribution in [0.4, 0.5) is 24.5 Å². The maximum atomic E-state index is 13.8. The summed E-state index contributed by atoms with van der Waals surface area (Å²) in [5, 5.41) is 22.1. The number of hydrogen-bond acceptors (Lipinski definition) is 9. The minimum absolute atomic E-state index is 0.0000161. The average Bonchev–Trinajstić information content (AvgIpc) is 3.80. The van der Waals surface area contributed by atoms with Crippen LogP contribution >= 0.6 is 0 Å². The molecule has 1 atom stereocenters. The van der Waals surface area contributed by atoms with Crippen molar-refractivity contribution in [2.75, 3.05) is 49.9 Å². The molecule has 2 aromatic heterocycles. The third-order valence-corrected chi connectivity index (χ3v) is 9.44. The monoisotopic (exact) mass is 710 g/mol. The van der Waals surface area contributed by atoms with Crippen LogP contribution in [0.2, 0.25) is 0 Å². The Bertz CT molecular complexity index is 2080. The quantitative estimate of drug-likeness (QED) is 0.186. The number of carbonyl (C=O) groups excluding carboxylic acids is 2. The maximum absolute atomic E-state index is 13.8. The zero-order chi connectivity index (χ0) is 37.2. The zero-order valence-corrected chi connectivity index (χ0v) is 28.7. The number of halogens is 3. The molecular weight excluding hydrogens is 673 g/mol. The van der Waals surface area contributed by atoms with E-state index in [4.69, 9.17) is 16.4 Å². The molecule has 12 nitrogen and oxygen atoms in total. The second-order valence-corrected chi connectivity index (χ2v) is 12.8. The molecule has 2 aliphatic rings. The van der Waals surface area contributed by atoms with Crippen LogP contribution in [-0.4, -0.2) is 86.3 Å². The van der Waals surface area contributed by atoms with Crippen molar-refractivity contribution in [3.05, 3.63) is 95.1 Å². The molecule has 1 fully saturated rings. The molecule has 0 saturated carbocycles. The summed E-state index contributed by atoms with van der Waals surface area (Å²) in [7, 11) is 1.83. The third kappa shape index (κ3) is 7.57. The zero-order valence-electron chi connectivity index (χ0n) is 28.7. The standard InChI is InChI=1S/C37H37F3N10O2/c1-3-50(28-8-9-31(42)29(17-28)34(43)27-16-30(37(38,39)40)32(18-41)44-19-27)36(52)26-10-13-48(20-26)21-33(51)49-14-11-24(12-15-49)23-4-6-25(7-5-23)35-45-22-47(2)46-35/h4-9,11,16-17,19,22,26,43H,3,10,12-15,20-21,42H2,1-2H3/t26-/m1/s1. The van der Waals surface area contributed by atoms with Gasteiger partial charge in [0.05, 0.1) is 23.7 Å². The number of hydrogen-bond donors (Lipinski definition) is 2. The lowest BCUT2D eigenvalue weighted by molar-refractivity contribution is -0.138. The van der Waals surface area contributed by atoms with Gasteiger partial charge in [-0.25, -0.2) is 9.97 Å². The fourth-order valence-corrected chi connectivity index (χ4v) is 6.61. The van der Waals surface area contributed by atoms with Gasteiger partial charge in [0.2, 0.25) is 11.8 Å². The van der Waals surface area contributed by atoms with Crippen LogP contribution in [0.1, 0.15) is 47.7 Å². The Hall–Kier alpha value is -5.88. The van der Waals surface area contributed by atoms with Gasteiger partial charge in [0.1, 0.15) is 12.4 Å². The molecule has 52 heavy (non-hydrogen) atoms. The third-order valence-electron chi connectivity index (χ3n) is 9.44. The van der Waals surface area contributed by atoms with Gasteiger partial charge >= 0.3 is 6.18 Å². The molecule has 268 valence electrons. The van der Waals surface area contributed by atoms with Gasteiger partial charge in [-0.1, -0.05) is 30.3 Å². The Morgan fingerprint density at radius 3 is 2.48 bits per heavy atom. The van der Waals surface area contributed by atoms with E-state index in [1.54, 1.807) is 28.9 Å². The summed E-state index contributed by atoms with van der Waals surface area (Å²) in [6.07, 6.45) is 1.22. The van der Waals surface area contributed by atoms with E-state index in [0.29, 0.717) is 56.7 Å². The van der Waals surface area contributed by atoms with Crippen LogP contribution in [0.5, 0.6) is 0 Å². The van der Waals surface area contributed by atoms with Crippen LogP contribution in [-0.2, 0) is 22.8 Å². The molecule has 0 unspecified atom stereocenters. The van der Waals surface area contributed by atoms with Gasteiger partial charge in [0.15, 0.2) is 11.5 Å². The Morgan fingerprint density at radius 1 is 1.10 bits per heavy atom. The number of likely N-dealkylation sites (tertiary alicyclic amines) is 1. The lowest BCUT2D eigenvalue weighted by atomic mass is 9.98. The van der Waals surface area contributed by atoms with E-state index >= 15 is 0 Å². The number of rotatable bonds is 9. The molecule has 0 spiro atoms. The molecule has 2 amide bonds. The van der Waals surface area contributed by atoms with E-state index < -0.39 is 17.4 Å². The second kappa shape index (κ2) is 14.8. The number of pyridine rings is 1. The number of nitrogen functional groups attached to an aromatic ring is 1. The van der Waals surface area contributed by atoms with Gasteiger partial charge in [-0.3, -0.25) is 24.6 Å². The summed E-state index contributed by atoms with van der Waals surface area (Å²) < 4.78 is 42.4. The summed E-state index contributed by atoms with van der Waals surface area (Å²) >= 11 is 0. The second-order valence-electron chi connectivity index (χ2n) is 12.8. The number of aromatic nitrogens is 4. The van der Waals surface area contributed by atoms with Crippen molar-refractivity contribution in [1.82, 2.24) is 29.5 Å². The number of anilines is 2. The smallest absolute Gasteiger partial charge is 0.398 e. The van der Waals surface area contributed by atoms with Crippen molar-refractivity contribution in [2.24, 2.45) is 13.0 Å². The maximum Gasteiger partial charge on any atom is 0.419 e. The molecular formula is C37H37F3N10O2. The molecule has 0 aliphatic carbocycles. The highest BCUT2D eigenvalue weighted by atomic mass is 19.4. The van der Waals surface area contributed by atoms with Crippen LogP contribution < -0.4 is 10.6 Å². The Kier molecular flexibility index (Phi) is 10.2. The molecule has 2 aromatic carbocycles. The van der Waals surface area contributed by atoms with Crippen molar-refractivity contribution >= 4 is 34.5 Å². The number of nitrogens with two attached hydrogens (primary N) is 1. The highest BCUT2D eigenvalue weighted by molar-refractivity contribution is 6.14. The largest absolute Gasteiger partial charge is 0.419 e. The highest BCUT2D eigenvalue weighted by Gasteiger charge is 2.36. The van der Waals surface area contributed by atoms with E-state index in [1.165, 1.54) is 23.8 Å². The van der Waals surface area contributed by atoms with Crippen LogP contribution in [0.25, 0.3) is 17.0 Å². The summed E-state index contributed by atoms with van der Waals surface area (Å²) in [4.78, 5) is 40.3. The van der Waals surface area contributed by atoms with Crippen molar-refractivity contribution in [3.63, 3.8) is 0 Å². The molecule has 6 rings (SSSR count). The predicted octanol–water partition coefficient (Wildman–Crippen LogP) is 4.76. The Morgan fingerprint density at radius 2 is 1.85 bits per heavy atom. The van der Waals surface area contributed by atoms with E-state index in [-0.39, 0.29) is 46.8 Å². The number of benzene rings is 2. The normalized spacial score (nSPS) is 16.3. The molecule has 4 heterocycles. The minimum Gasteiger partial charge on any atom is -0.398 e. The van der Waals surface area contributed by atoms with Crippen LogP contribution in [0, 0.1) is 22.7 Å². The number of carbonyl (C=O) groups is 2. The van der Waals surface area contributed by atoms with Crippen molar-refractivity contribution in [1.29, 1.82) is 10.7 Å². The fraction of sp³-hybridized carbons (Fsp3) is 0.324. The van der Waals surface area contributed by atoms with Gasteiger partial charge < -0.3 is 15.5 Å². The first kappa shape index (κ1) is 35.9. The number of nitrogens with one attached hydrogen (secondary N) is 1. The van der Waals surface area contributed by atoms with E-state index in [2.05, 4.69) is 21.1 Å². The minimum atomic E-state index is -4.84. The molecule has 15 heteroatoms. The van der Waals surface area contributed by atoms with Gasteiger partial charge in [0, 0.05) is 67.5 Å². The molecule has 2 aliphatic heterocycles. The van der Waals surface area contributed by atoms with Gasteiger partial charge in [-0.05, 0) is 61.7 Å². The number of alkyl halides is 3. The summed E-state index contributed by atoms with van der Waals surface area (Å²) in [6.45, 7) is 4.39. The first-order chi connectivity index (χ1) is 24.9. The van der Waals surface area contributed by atoms with Gasteiger partial charge in [0.25, 0.3) is 0 Å². The Labute approximate surface area is 298 Å². The average molecular weight is 711 g/mol. The molecule has 1 saturated heterocycles. The molecule has 4 aromatic rings. The topological polar surface area (TPSA) is 161 Å². The van der Waals surface area contributed by atoms with Crippen molar-refractivity contribution in [2.45, 2.75) is 25.9 Å². The fourth-order valence-electron chi connectivity index (χ4n) is 6.61. The highest BCUT2D eigenvalue weighted by Crippen LogP contribution is 2.33. The SMILES string of the molecule is CCN(C(=O)[C@@H]1CCN(CC(=O)N2CC=C(c3ccc(-c4ncn(C)n4)cc3)CC2)C1)c1ccc(N)c(C(=N)c2cnc(C#N)c(C(F)(F)F)c2)c1. The van der Waals surface area contributed by atoms with Crippen molar-refractivity contribution in [3.8, 4) is 17.5 Å². The van der Waals surface area contributed by atoms with Gasteiger partial charge in [-0.15, -0.1) is 0 Å².